The Hall–Kier alpha value is -1.84. The van der Waals surface area contributed by atoms with Gasteiger partial charge in [0.15, 0.2) is 0 Å². The fraction of sp³-hybridized carbons (Fsp3) is 0.467. The number of amides is 2. The second-order valence-corrected chi connectivity index (χ2v) is 4.91. The summed E-state index contributed by atoms with van der Waals surface area (Å²) in [7, 11) is 0. The molecule has 4 nitrogen and oxygen atoms in total. The average molecular weight is 260 g/mol. The minimum absolute atomic E-state index is 0.0505. The van der Waals surface area contributed by atoms with Crippen LogP contribution in [0.5, 0.6) is 0 Å². The molecule has 1 atom stereocenters. The number of unbranched alkanes of at least 4 members (excludes halogenated alkanes) is 1. The molecule has 1 aromatic carbocycles. The van der Waals surface area contributed by atoms with E-state index in [1.165, 1.54) is 0 Å². The van der Waals surface area contributed by atoms with Crippen LogP contribution in [0.25, 0.3) is 0 Å². The van der Waals surface area contributed by atoms with Crippen molar-refractivity contribution in [3.8, 4) is 0 Å². The molecule has 0 aliphatic carbocycles. The largest absolute Gasteiger partial charge is 0.351 e. The van der Waals surface area contributed by atoms with Crippen LogP contribution < -0.4 is 10.2 Å². The third-order valence-corrected chi connectivity index (χ3v) is 3.32. The first-order chi connectivity index (χ1) is 9.20. The molecule has 0 spiro atoms. The fourth-order valence-electron chi connectivity index (χ4n) is 2.30. The summed E-state index contributed by atoms with van der Waals surface area (Å²) in [5, 5.41) is 2.94. The van der Waals surface area contributed by atoms with Gasteiger partial charge in [-0.05, 0) is 18.6 Å². The summed E-state index contributed by atoms with van der Waals surface area (Å²) in [6.45, 7) is 2.63. The molecule has 19 heavy (non-hydrogen) atoms. The molecule has 4 heteroatoms. The van der Waals surface area contributed by atoms with Gasteiger partial charge in [-0.1, -0.05) is 31.5 Å². The number of hydrogen-bond donors (Lipinski definition) is 1. The molecular weight excluding hydrogens is 240 g/mol. The second-order valence-electron chi connectivity index (χ2n) is 4.91. The lowest BCUT2D eigenvalue weighted by molar-refractivity contribution is -0.121. The number of hydrogen-bond acceptors (Lipinski definition) is 2. The van der Waals surface area contributed by atoms with E-state index in [4.69, 9.17) is 0 Å². The maximum atomic E-state index is 12.0. The van der Waals surface area contributed by atoms with Crippen molar-refractivity contribution >= 4 is 17.5 Å². The van der Waals surface area contributed by atoms with Crippen LogP contribution in [-0.4, -0.2) is 24.4 Å². The molecule has 0 saturated carbocycles. The van der Waals surface area contributed by atoms with E-state index in [1.54, 1.807) is 4.90 Å². The predicted molar refractivity (Wildman–Crippen MR) is 74.9 cm³/mol. The average Bonchev–Trinajstić information content (AvgIpc) is 2.78. The molecule has 1 saturated heterocycles. The lowest BCUT2D eigenvalue weighted by atomic mass is 10.2. The molecule has 1 N–H and O–H groups in total. The second kappa shape index (κ2) is 6.36. The van der Waals surface area contributed by atoms with Gasteiger partial charge in [-0.3, -0.25) is 9.59 Å². The van der Waals surface area contributed by atoms with Crippen LogP contribution in [0.2, 0.25) is 0 Å². The summed E-state index contributed by atoms with van der Waals surface area (Å²) >= 11 is 0. The van der Waals surface area contributed by atoms with Gasteiger partial charge < -0.3 is 10.2 Å². The number of carbonyl (C=O) groups excluding carboxylic acids is 2. The Morgan fingerprint density at radius 2 is 2.11 bits per heavy atom. The van der Waals surface area contributed by atoms with Gasteiger partial charge in [-0.2, -0.15) is 0 Å². The van der Waals surface area contributed by atoms with Gasteiger partial charge in [-0.25, -0.2) is 0 Å². The topological polar surface area (TPSA) is 49.4 Å². The Morgan fingerprint density at radius 1 is 1.37 bits per heavy atom. The lowest BCUT2D eigenvalue weighted by Gasteiger charge is -2.17. The van der Waals surface area contributed by atoms with E-state index in [0.29, 0.717) is 19.4 Å². The van der Waals surface area contributed by atoms with Crippen molar-refractivity contribution in [3.63, 3.8) is 0 Å². The Morgan fingerprint density at radius 3 is 2.79 bits per heavy atom. The minimum Gasteiger partial charge on any atom is -0.351 e. The monoisotopic (exact) mass is 260 g/mol. The van der Waals surface area contributed by atoms with Crippen LogP contribution in [0.15, 0.2) is 30.3 Å². The molecule has 1 fully saturated rings. The summed E-state index contributed by atoms with van der Waals surface area (Å²) in [6, 6.07) is 9.52. The predicted octanol–water partition coefficient (Wildman–Crippen LogP) is 2.10. The number of benzene rings is 1. The van der Waals surface area contributed by atoms with E-state index in [0.717, 1.165) is 18.5 Å². The zero-order valence-corrected chi connectivity index (χ0v) is 11.3. The van der Waals surface area contributed by atoms with Gasteiger partial charge in [0.05, 0.1) is 6.04 Å². The number of carbonyl (C=O) groups is 2. The van der Waals surface area contributed by atoms with Gasteiger partial charge in [-0.15, -0.1) is 0 Å². The third kappa shape index (κ3) is 3.56. The standard InChI is InChI=1S/C15H20N2O2/c1-2-3-9-14(18)16-12-10-15(19)17(11-12)13-7-5-4-6-8-13/h4-8,12H,2-3,9-11H2,1H3,(H,16,18)/t12-/m1/s1. The van der Waals surface area contributed by atoms with Crippen LogP contribution in [0, 0.1) is 0 Å². The van der Waals surface area contributed by atoms with Crippen molar-refractivity contribution < 1.29 is 9.59 Å². The number of para-hydroxylation sites is 1. The molecule has 0 radical (unpaired) electrons. The minimum atomic E-state index is -0.0583. The zero-order chi connectivity index (χ0) is 13.7. The molecule has 2 amide bonds. The van der Waals surface area contributed by atoms with E-state index in [1.807, 2.05) is 30.3 Å². The van der Waals surface area contributed by atoms with Crippen molar-refractivity contribution in [3.05, 3.63) is 30.3 Å². The number of rotatable bonds is 5. The van der Waals surface area contributed by atoms with Crippen LogP contribution in [0.3, 0.4) is 0 Å². The maximum Gasteiger partial charge on any atom is 0.229 e. The summed E-state index contributed by atoms with van der Waals surface area (Å²) in [4.78, 5) is 25.4. The quantitative estimate of drug-likeness (QED) is 0.881. The fourth-order valence-corrected chi connectivity index (χ4v) is 2.30. The molecule has 1 aliphatic rings. The van der Waals surface area contributed by atoms with Crippen molar-refractivity contribution in [1.29, 1.82) is 0 Å². The summed E-state index contributed by atoms with van der Waals surface area (Å²) in [5.74, 6) is 0.126. The number of nitrogens with zero attached hydrogens (tertiary/aromatic N) is 1. The molecule has 0 unspecified atom stereocenters. The molecule has 0 bridgehead atoms. The molecule has 0 aromatic heterocycles. The van der Waals surface area contributed by atoms with Crippen molar-refractivity contribution in [2.45, 2.75) is 38.6 Å². The number of anilines is 1. The number of nitrogens with one attached hydrogen (secondary N) is 1. The van der Waals surface area contributed by atoms with Gasteiger partial charge in [0, 0.05) is 25.1 Å². The highest BCUT2D eigenvalue weighted by atomic mass is 16.2. The summed E-state index contributed by atoms with van der Waals surface area (Å²) < 4.78 is 0. The van der Waals surface area contributed by atoms with Crippen molar-refractivity contribution in [2.24, 2.45) is 0 Å². The van der Waals surface area contributed by atoms with Gasteiger partial charge in [0.1, 0.15) is 0 Å². The van der Waals surface area contributed by atoms with Crippen LogP contribution >= 0.6 is 0 Å². The molecule has 1 aliphatic heterocycles. The molecule has 2 rings (SSSR count). The normalized spacial score (nSPS) is 18.7. The highest BCUT2D eigenvalue weighted by Crippen LogP contribution is 2.21. The smallest absolute Gasteiger partial charge is 0.229 e. The molecular formula is C15H20N2O2. The van der Waals surface area contributed by atoms with Crippen LogP contribution in [-0.2, 0) is 9.59 Å². The van der Waals surface area contributed by atoms with E-state index in [2.05, 4.69) is 12.2 Å². The first kappa shape index (κ1) is 13.6. The Kier molecular flexibility index (Phi) is 4.55. The first-order valence-electron chi connectivity index (χ1n) is 6.85. The molecule has 1 heterocycles. The lowest BCUT2D eigenvalue weighted by Crippen LogP contribution is -2.37. The van der Waals surface area contributed by atoms with Crippen LogP contribution in [0.1, 0.15) is 32.6 Å². The highest BCUT2D eigenvalue weighted by Gasteiger charge is 2.31. The molecule has 1 aromatic rings. The Balaban J connectivity index is 1.91. The van der Waals surface area contributed by atoms with Gasteiger partial charge in [0.2, 0.25) is 11.8 Å². The van der Waals surface area contributed by atoms with E-state index in [-0.39, 0.29) is 17.9 Å². The van der Waals surface area contributed by atoms with E-state index < -0.39 is 0 Å². The third-order valence-electron chi connectivity index (χ3n) is 3.32. The summed E-state index contributed by atoms with van der Waals surface area (Å²) in [5.41, 5.74) is 0.901. The Labute approximate surface area is 113 Å². The van der Waals surface area contributed by atoms with Crippen molar-refractivity contribution in [2.75, 3.05) is 11.4 Å². The van der Waals surface area contributed by atoms with Gasteiger partial charge in [0.25, 0.3) is 0 Å². The zero-order valence-electron chi connectivity index (χ0n) is 11.3. The highest BCUT2D eigenvalue weighted by molar-refractivity contribution is 5.96. The Bertz CT molecular complexity index is 445. The van der Waals surface area contributed by atoms with Crippen molar-refractivity contribution in [1.82, 2.24) is 5.32 Å². The SMILES string of the molecule is CCCCC(=O)N[C@@H]1CC(=O)N(c2ccccc2)C1. The summed E-state index contributed by atoms with van der Waals surface area (Å²) in [6.07, 6.45) is 2.85. The van der Waals surface area contributed by atoms with E-state index in [9.17, 15) is 9.59 Å². The first-order valence-corrected chi connectivity index (χ1v) is 6.85. The van der Waals surface area contributed by atoms with E-state index >= 15 is 0 Å². The van der Waals surface area contributed by atoms with Crippen LogP contribution in [0.4, 0.5) is 5.69 Å². The maximum absolute atomic E-state index is 12.0. The van der Waals surface area contributed by atoms with Gasteiger partial charge >= 0.3 is 0 Å². The molecule has 102 valence electrons.